The molecule has 0 spiro atoms. The number of benzene rings is 1. The first-order valence-corrected chi connectivity index (χ1v) is 6.37. The number of methoxy groups -OCH3 is 1. The van der Waals surface area contributed by atoms with Crippen LogP contribution in [0.25, 0.3) is 0 Å². The number of nitriles is 1. The molecule has 0 fully saturated rings. The summed E-state index contributed by atoms with van der Waals surface area (Å²) in [6.45, 7) is 6.56. The first-order valence-electron chi connectivity index (χ1n) is 6.37. The topological polar surface area (TPSA) is 45.0 Å². The Balaban J connectivity index is 2.47. The Labute approximate surface area is 114 Å². The molecule has 0 unspecified atom stereocenters. The summed E-state index contributed by atoms with van der Waals surface area (Å²) < 4.78 is 18.2. The number of ether oxygens (including phenoxy) is 1. The number of nitrogens with one attached hydrogen (secondary N) is 1. The van der Waals surface area contributed by atoms with Gasteiger partial charge >= 0.3 is 0 Å². The standard InChI is InChI=1S/C15H21FN2O/c1-15(2,6-7-19-3)11-18-10-12-4-5-14(16)13(8-12)9-17/h4-5,8,18H,6-7,10-11H2,1-3H3. The third kappa shape index (κ3) is 5.37. The Morgan fingerprint density at radius 1 is 1.42 bits per heavy atom. The highest BCUT2D eigenvalue weighted by Crippen LogP contribution is 2.19. The van der Waals surface area contributed by atoms with Gasteiger partial charge in [0, 0.05) is 26.8 Å². The van der Waals surface area contributed by atoms with Crippen LogP contribution in [0, 0.1) is 22.6 Å². The molecule has 19 heavy (non-hydrogen) atoms. The van der Waals surface area contributed by atoms with Crippen LogP contribution in [0.15, 0.2) is 18.2 Å². The SMILES string of the molecule is COCCC(C)(C)CNCc1ccc(F)c(C#N)c1. The van der Waals surface area contributed by atoms with Crippen LogP contribution in [0.4, 0.5) is 4.39 Å². The van der Waals surface area contributed by atoms with Crippen molar-refractivity contribution in [3.8, 4) is 6.07 Å². The van der Waals surface area contributed by atoms with Gasteiger partial charge in [0.1, 0.15) is 11.9 Å². The Morgan fingerprint density at radius 3 is 2.79 bits per heavy atom. The van der Waals surface area contributed by atoms with Crippen LogP contribution in [0.5, 0.6) is 0 Å². The van der Waals surface area contributed by atoms with E-state index in [1.54, 1.807) is 19.2 Å². The Morgan fingerprint density at radius 2 is 2.16 bits per heavy atom. The number of hydrogen-bond donors (Lipinski definition) is 1. The first-order chi connectivity index (χ1) is 8.98. The molecule has 0 radical (unpaired) electrons. The van der Waals surface area contributed by atoms with E-state index in [-0.39, 0.29) is 11.0 Å². The normalized spacial score (nSPS) is 11.3. The molecule has 0 saturated carbocycles. The van der Waals surface area contributed by atoms with Crippen molar-refractivity contribution in [2.24, 2.45) is 5.41 Å². The summed E-state index contributed by atoms with van der Waals surface area (Å²) in [6, 6.07) is 6.48. The monoisotopic (exact) mass is 264 g/mol. The number of hydrogen-bond acceptors (Lipinski definition) is 3. The van der Waals surface area contributed by atoms with Crippen LogP contribution in [-0.2, 0) is 11.3 Å². The van der Waals surface area contributed by atoms with Crippen LogP contribution in [0.3, 0.4) is 0 Å². The van der Waals surface area contributed by atoms with Crippen molar-refractivity contribution in [1.82, 2.24) is 5.32 Å². The second-order valence-corrected chi connectivity index (χ2v) is 5.44. The maximum Gasteiger partial charge on any atom is 0.140 e. The van der Waals surface area contributed by atoms with Gasteiger partial charge < -0.3 is 10.1 Å². The zero-order chi connectivity index (χ0) is 14.3. The number of rotatable bonds is 7. The molecular formula is C15H21FN2O. The smallest absolute Gasteiger partial charge is 0.140 e. The van der Waals surface area contributed by atoms with Gasteiger partial charge in [-0.15, -0.1) is 0 Å². The van der Waals surface area contributed by atoms with Gasteiger partial charge in [0.2, 0.25) is 0 Å². The fraction of sp³-hybridized carbons (Fsp3) is 0.533. The molecule has 0 saturated heterocycles. The maximum atomic E-state index is 13.2. The molecule has 0 aromatic heterocycles. The third-order valence-electron chi connectivity index (χ3n) is 3.07. The van der Waals surface area contributed by atoms with E-state index in [0.29, 0.717) is 6.54 Å². The Kier molecular flexibility index (Phi) is 5.94. The zero-order valence-electron chi connectivity index (χ0n) is 11.8. The van der Waals surface area contributed by atoms with Crippen molar-refractivity contribution in [2.45, 2.75) is 26.8 Å². The number of halogens is 1. The van der Waals surface area contributed by atoms with Crippen molar-refractivity contribution in [3.63, 3.8) is 0 Å². The molecule has 0 bridgehead atoms. The summed E-state index contributed by atoms with van der Waals surface area (Å²) >= 11 is 0. The van der Waals surface area contributed by atoms with Gasteiger partial charge in [0.25, 0.3) is 0 Å². The molecule has 1 aromatic rings. The summed E-state index contributed by atoms with van der Waals surface area (Å²) in [6.07, 6.45) is 0.976. The summed E-state index contributed by atoms with van der Waals surface area (Å²) in [5.74, 6) is -0.466. The molecule has 4 heteroatoms. The average molecular weight is 264 g/mol. The van der Waals surface area contributed by atoms with Gasteiger partial charge in [-0.25, -0.2) is 4.39 Å². The summed E-state index contributed by atoms with van der Waals surface area (Å²) in [5.41, 5.74) is 1.16. The van der Waals surface area contributed by atoms with E-state index in [0.717, 1.165) is 25.1 Å². The predicted octanol–water partition coefficient (Wildman–Crippen LogP) is 2.85. The van der Waals surface area contributed by atoms with Crippen LogP contribution in [0.1, 0.15) is 31.4 Å². The highest BCUT2D eigenvalue weighted by atomic mass is 19.1. The lowest BCUT2D eigenvalue weighted by molar-refractivity contribution is 0.150. The summed E-state index contributed by atoms with van der Waals surface area (Å²) in [5, 5.41) is 12.1. The van der Waals surface area contributed by atoms with E-state index < -0.39 is 5.82 Å². The fourth-order valence-electron chi connectivity index (χ4n) is 1.78. The molecule has 3 nitrogen and oxygen atoms in total. The third-order valence-corrected chi connectivity index (χ3v) is 3.07. The van der Waals surface area contributed by atoms with Crippen LogP contribution in [-0.4, -0.2) is 20.3 Å². The second kappa shape index (κ2) is 7.22. The quantitative estimate of drug-likeness (QED) is 0.823. The maximum absolute atomic E-state index is 13.2. The highest BCUT2D eigenvalue weighted by molar-refractivity contribution is 5.34. The molecule has 1 N–H and O–H groups in total. The van der Waals surface area contributed by atoms with Crippen molar-refractivity contribution in [2.75, 3.05) is 20.3 Å². The van der Waals surface area contributed by atoms with Crippen molar-refractivity contribution in [3.05, 3.63) is 35.1 Å². The molecule has 1 aromatic carbocycles. The summed E-state index contributed by atoms with van der Waals surface area (Å²) in [4.78, 5) is 0. The highest BCUT2D eigenvalue weighted by Gasteiger charge is 2.16. The summed E-state index contributed by atoms with van der Waals surface area (Å²) in [7, 11) is 1.70. The van der Waals surface area contributed by atoms with E-state index in [2.05, 4.69) is 19.2 Å². The molecule has 104 valence electrons. The second-order valence-electron chi connectivity index (χ2n) is 5.44. The van der Waals surface area contributed by atoms with E-state index in [1.807, 2.05) is 6.07 Å². The average Bonchev–Trinajstić information content (AvgIpc) is 2.38. The van der Waals surface area contributed by atoms with Crippen molar-refractivity contribution < 1.29 is 9.13 Å². The molecule has 0 aliphatic carbocycles. The molecule has 0 aliphatic rings. The van der Waals surface area contributed by atoms with Crippen molar-refractivity contribution in [1.29, 1.82) is 5.26 Å². The molecule has 0 aliphatic heterocycles. The minimum atomic E-state index is -0.466. The van der Waals surface area contributed by atoms with Crippen LogP contribution in [0.2, 0.25) is 0 Å². The van der Waals surface area contributed by atoms with E-state index >= 15 is 0 Å². The van der Waals surface area contributed by atoms with Gasteiger partial charge in [0.15, 0.2) is 0 Å². The van der Waals surface area contributed by atoms with E-state index in [9.17, 15) is 4.39 Å². The number of nitrogens with zero attached hydrogens (tertiary/aromatic N) is 1. The largest absolute Gasteiger partial charge is 0.385 e. The minimum absolute atomic E-state index is 0.0953. The molecule has 0 heterocycles. The lowest BCUT2D eigenvalue weighted by atomic mass is 9.89. The zero-order valence-corrected chi connectivity index (χ0v) is 11.8. The molecular weight excluding hydrogens is 243 g/mol. The van der Waals surface area contributed by atoms with Gasteiger partial charge in [0.05, 0.1) is 5.56 Å². The van der Waals surface area contributed by atoms with Gasteiger partial charge in [-0.3, -0.25) is 0 Å². The van der Waals surface area contributed by atoms with Gasteiger partial charge in [-0.2, -0.15) is 5.26 Å². The fourth-order valence-corrected chi connectivity index (χ4v) is 1.78. The lowest BCUT2D eigenvalue weighted by Gasteiger charge is -2.24. The van der Waals surface area contributed by atoms with Gasteiger partial charge in [-0.05, 0) is 29.5 Å². The predicted molar refractivity (Wildman–Crippen MR) is 73.1 cm³/mol. The molecule has 1 rings (SSSR count). The molecule has 0 amide bonds. The van der Waals surface area contributed by atoms with Gasteiger partial charge in [-0.1, -0.05) is 19.9 Å². The van der Waals surface area contributed by atoms with Crippen molar-refractivity contribution >= 4 is 0 Å². The van der Waals surface area contributed by atoms with Crippen LogP contribution >= 0.6 is 0 Å². The molecule has 0 atom stereocenters. The minimum Gasteiger partial charge on any atom is -0.385 e. The Hall–Kier alpha value is -1.44. The lowest BCUT2D eigenvalue weighted by Crippen LogP contribution is -2.30. The van der Waals surface area contributed by atoms with E-state index in [1.165, 1.54) is 6.07 Å². The first kappa shape index (κ1) is 15.6. The van der Waals surface area contributed by atoms with E-state index in [4.69, 9.17) is 10.00 Å². The Bertz CT molecular complexity index is 452. The van der Waals surface area contributed by atoms with Crippen LogP contribution < -0.4 is 5.32 Å².